The molecule has 1 atom stereocenters. The molecular formula is C36H44N2O6S2+2. The molecule has 10 heteroatoms. The zero-order valence-corrected chi connectivity index (χ0v) is 29.0. The molecule has 0 bridgehead atoms. The lowest BCUT2D eigenvalue weighted by molar-refractivity contribution is -0.838. The summed E-state index contributed by atoms with van der Waals surface area (Å²) in [5.74, 6) is 6.36. The van der Waals surface area contributed by atoms with Crippen molar-refractivity contribution >= 4 is 39.8 Å². The molecule has 2 aromatic carbocycles. The van der Waals surface area contributed by atoms with Crippen molar-refractivity contribution in [2.45, 2.75) is 6.54 Å². The molecule has 1 aliphatic heterocycles. The van der Waals surface area contributed by atoms with Crippen LogP contribution in [0.2, 0.25) is 0 Å². The number of methoxy groups -OCH3 is 6. The van der Waals surface area contributed by atoms with Crippen molar-refractivity contribution in [1.29, 1.82) is 0 Å². The minimum absolute atomic E-state index is 0.692. The van der Waals surface area contributed by atoms with Crippen molar-refractivity contribution in [3.8, 4) is 34.5 Å². The fourth-order valence-electron chi connectivity index (χ4n) is 4.82. The Balaban J connectivity index is 1.17. The Bertz CT molecular complexity index is 1500. The summed E-state index contributed by atoms with van der Waals surface area (Å²) >= 11 is 0. The first-order chi connectivity index (χ1) is 22.5. The number of hydrogen-bond donors (Lipinski definition) is 1. The fourth-order valence-corrected chi connectivity index (χ4v) is 6.87. The molecule has 3 aromatic rings. The molecule has 4 rings (SSSR count). The molecule has 2 heterocycles. The van der Waals surface area contributed by atoms with Crippen LogP contribution in [0.1, 0.15) is 16.7 Å². The molecule has 0 saturated heterocycles. The first-order valence-corrected chi connectivity index (χ1v) is 17.4. The van der Waals surface area contributed by atoms with Gasteiger partial charge in [-0.15, -0.1) is 0 Å². The van der Waals surface area contributed by atoms with Gasteiger partial charge < -0.3 is 33.3 Å². The summed E-state index contributed by atoms with van der Waals surface area (Å²) in [6.07, 6.45) is 19.1. The quantitative estimate of drug-likeness (QED) is 0.113. The van der Waals surface area contributed by atoms with Gasteiger partial charge in [-0.2, -0.15) is 0 Å². The van der Waals surface area contributed by atoms with Gasteiger partial charge in [0.15, 0.2) is 18.9 Å². The van der Waals surface area contributed by atoms with Crippen molar-refractivity contribution in [3.05, 3.63) is 95.5 Å². The minimum Gasteiger partial charge on any atom is -0.496 e. The standard InChI is InChI=1S/C36H43N2O6S2/c1-39-29-23-33(41-3)31(34(24-29)42-4)9-7-27-11-15-37(16-12-27)19-21-45-46-22-20-38-17-13-28(14-18-38)8-10-32-35(43-5)25-30(40-2)26-36(32)44-6/h7-17,23-26H,18-22H2,1-6H3/q+1/p+1. The molecule has 1 N–H and O–H groups in total. The first-order valence-electron chi connectivity index (χ1n) is 14.9. The number of aryl methyl sites for hydroxylation is 1. The second kappa shape index (κ2) is 18.2. The number of pyridine rings is 1. The number of benzene rings is 2. The second-order valence-corrected chi connectivity index (χ2v) is 12.9. The average Bonchev–Trinajstić information content (AvgIpc) is 3.11. The highest BCUT2D eigenvalue weighted by Gasteiger charge is 2.13. The minimum atomic E-state index is 0.692. The number of rotatable bonds is 17. The predicted molar refractivity (Wildman–Crippen MR) is 190 cm³/mol. The lowest BCUT2D eigenvalue weighted by Gasteiger charge is -2.16. The van der Waals surface area contributed by atoms with E-state index < -0.39 is 0 Å². The number of ether oxygens (including phenoxy) is 6. The monoisotopic (exact) mass is 664 g/mol. The van der Waals surface area contributed by atoms with Crippen LogP contribution in [0, 0.1) is 0 Å². The highest BCUT2D eigenvalue weighted by molar-refractivity contribution is 8.76. The third-order valence-corrected chi connectivity index (χ3v) is 9.83. The molecule has 0 fully saturated rings. The van der Waals surface area contributed by atoms with Gasteiger partial charge in [-0.1, -0.05) is 33.7 Å². The Morgan fingerprint density at radius 1 is 0.674 bits per heavy atom. The van der Waals surface area contributed by atoms with Gasteiger partial charge in [-0.3, -0.25) is 0 Å². The van der Waals surface area contributed by atoms with Crippen LogP contribution in [0.25, 0.3) is 18.2 Å². The first kappa shape index (κ1) is 34.9. The van der Waals surface area contributed by atoms with Crippen LogP contribution in [0.15, 0.2) is 78.8 Å². The fraction of sp³-hybridized carbons (Fsp3) is 0.306. The number of quaternary nitrogens is 1. The van der Waals surface area contributed by atoms with Crippen molar-refractivity contribution in [3.63, 3.8) is 0 Å². The maximum Gasteiger partial charge on any atom is 0.169 e. The summed E-state index contributed by atoms with van der Waals surface area (Å²) in [6.45, 7) is 3.01. The molecule has 1 aromatic heterocycles. The van der Waals surface area contributed by atoms with Crippen LogP contribution in [-0.4, -0.2) is 67.3 Å². The maximum absolute atomic E-state index is 5.56. The van der Waals surface area contributed by atoms with Gasteiger partial charge in [0.25, 0.3) is 0 Å². The van der Waals surface area contributed by atoms with E-state index >= 15 is 0 Å². The molecule has 46 heavy (non-hydrogen) atoms. The Morgan fingerprint density at radius 3 is 1.67 bits per heavy atom. The molecule has 0 spiro atoms. The Kier molecular flexibility index (Phi) is 13.8. The van der Waals surface area contributed by atoms with E-state index in [1.807, 2.05) is 58.0 Å². The van der Waals surface area contributed by atoms with E-state index in [0.29, 0.717) is 34.5 Å². The van der Waals surface area contributed by atoms with E-state index in [1.54, 1.807) is 42.7 Å². The van der Waals surface area contributed by atoms with E-state index in [0.717, 1.165) is 47.8 Å². The van der Waals surface area contributed by atoms with Gasteiger partial charge >= 0.3 is 0 Å². The van der Waals surface area contributed by atoms with Crippen LogP contribution in [-0.2, 0) is 6.54 Å². The van der Waals surface area contributed by atoms with E-state index in [2.05, 4.69) is 59.6 Å². The Hall–Kier alpha value is -3.99. The highest BCUT2D eigenvalue weighted by Crippen LogP contribution is 2.36. The third-order valence-electron chi connectivity index (χ3n) is 7.44. The second-order valence-electron chi connectivity index (χ2n) is 10.2. The Morgan fingerprint density at radius 2 is 1.20 bits per heavy atom. The summed E-state index contributed by atoms with van der Waals surface area (Å²) < 4.78 is 35.1. The SMILES string of the molecule is COc1cc(OC)c(C=CC2=CC[NH+](CCSSCC[n+]3ccc(C=Cc4c(OC)cc(OC)cc4OC)cc3)C=C2)c(OC)c1. The molecule has 8 nitrogen and oxygen atoms in total. The summed E-state index contributed by atoms with van der Waals surface area (Å²) in [5, 5.41) is 0. The molecule has 1 aliphatic rings. The van der Waals surface area contributed by atoms with Gasteiger partial charge in [0.1, 0.15) is 41.0 Å². The number of aromatic nitrogens is 1. The van der Waals surface area contributed by atoms with E-state index in [1.165, 1.54) is 10.5 Å². The van der Waals surface area contributed by atoms with Gasteiger partial charge in [0.05, 0.1) is 78.0 Å². The summed E-state index contributed by atoms with van der Waals surface area (Å²) in [4.78, 5) is 1.45. The van der Waals surface area contributed by atoms with E-state index in [-0.39, 0.29) is 0 Å². The lowest BCUT2D eigenvalue weighted by Crippen LogP contribution is -3.08. The zero-order valence-electron chi connectivity index (χ0n) is 27.4. The van der Waals surface area contributed by atoms with Crippen LogP contribution in [0.3, 0.4) is 0 Å². The number of nitrogens with one attached hydrogen (secondary N) is 1. The van der Waals surface area contributed by atoms with Gasteiger partial charge in [-0.05, 0) is 35.4 Å². The average molecular weight is 665 g/mol. The maximum atomic E-state index is 5.56. The predicted octanol–water partition coefficient (Wildman–Crippen LogP) is 5.63. The Labute approximate surface area is 280 Å². The molecule has 244 valence electrons. The highest BCUT2D eigenvalue weighted by atomic mass is 33.1. The van der Waals surface area contributed by atoms with Gasteiger partial charge in [-0.25, -0.2) is 4.57 Å². The van der Waals surface area contributed by atoms with Crippen LogP contribution in [0.4, 0.5) is 0 Å². The van der Waals surface area contributed by atoms with Crippen molar-refractivity contribution in [1.82, 2.24) is 0 Å². The normalized spacial score (nSPS) is 14.4. The summed E-state index contributed by atoms with van der Waals surface area (Å²) in [5.41, 5.74) is 4.03. The van der Waals surface area contributed by atoms with Crippen LogP contribution < -0.4 is 37.9 Å². The molecule has 0 aliphatic carbocycles. The van der Waals surface area contributed by atoms with E-state index in [4.69, 9.17) is 28.4 Å². The van der Waals surface area contributed by atoms with Gasteiger partial charge in [0.2, 0.25) is 0 Å². The van der Waals surface area contributed by atoms with Crippen LogP contribution >= 0.6 is 21.6 Å². The van der Waals surface area contributed by atoms with Crippen molar-refractivity contribution < 1.29 is 37.9 Å². The number of allylic oxidation sites excluding steroid dienone is 3. The van der Waals surface area contributed by atoms with Crippen LogP contribution in [0.5, 0.6) is 34.5 Å². The number of hydrogen-bond acceptors (Lipinski definition) is 8. The van der Waals surface area contributed by atoms with Crippen molar-refractivity contribution in [2.75, 3.05) is 67.3 Å². The topological polar surface area (TPSA) is 63.7 Å². The molecular weight excluding hydrogens is 621 g/mol. The van der Waals surface area contributed by atoms with E-state index in [9.17, 15) is 0 Å². The summed E-state index contributed by atoms with van der Waals surface area (Å²) in [6, 6.07) is 11.7. The number of nitrogens with zero attached hydrogens (tertiary/aromatic N) is 1. The largest absolute Gasteiger partial charge is 0.496 e. The van der Waals surface area contributed by atoms with Gasteiger partial charge in [0, 0.05) is 36.4 Å². The smallest absolute Gasteiger partial charge is 0.169 e. The zero-order chi connectivity index (χ0) is 32.7. The molecule has 1 unspecified atom stereocenters. The third kappa shape index (κ3) is 9.75. The molecule has 0 amide bonds. The summed E-state index contributed by atoms with van der Waals surface area (Å²) in [7, 11) is 13.7. The molecule has 0 saturated carbocycles. The lowest BCUT2D eigenvalue weighted by atomic mass is 10.1. The van der Waals surface area contributed by atoms with Crippen molar-refractivity contribution in [2.24, 2.45) is 0 Å². The molecule has 0 radical (unpaired) electrons.